The first-order chi connectivity index (χ1) is 9.22. The van der Waals surface area contributed by atoms with Crippen molar-refractivity contribution in [1.82, 2.24) is 0 Å². The Hall–Kier alpha value is -1.63. The predicted molar refractivity (Wildman–Crippen MR) is 81.2 cm³/mol. The maximum absolute atomic E-state index is 10.7. The number of nitro groups is 1. The van der Waals surface area contributed by atoms with Crippen LogP contribution in [-0.4, -0.2) is 17.4 Å². The van der Waals surface area contributed by atoms with Crippen molar-refractivity contribution in [2.75, 3.05) is 6.61 Å². The van der Waals surface area contributed by atoms with Gasteiger partial charge in [-0.3, -0.25) is 15.5 Å². The number of hydrogen-bond acceptors (Lipinski definition) is 4. The largest absolute Gasteiger partial charge is 0.493 e. The Balaban J connectivity index is 2.55. The van der Waals surface area contributed by atoms with Gasteiger partial charge >= 0.3 is 0 Å². The van der Waals surface area contributed by atoms with Crippen LogP contribution in [0.5, 0.6) is 5.75 Å². The van der Waals surface area contributed by atoms with E-state index < -0.39 is 4.92 Å². The van der Waals surface area contributed by atoms with Crippen LogP contribution in [-0.2, 0) is 0 Å². The zero-order valence-corrected chi connectivity index (χ0v) is 13.1. The van der Waals surface area contributed by atoms with Crippen molar-refractivity contribution < 1.29 is 9.66 Å². The highest BCUT2D eigenvalue weighted by atomic mass is 79.9. The number of nitrogens with two attached hydrogens (primary N) is 1. The van der Waals surface area contributed by atoms with Crippen molar-refractivity contribution in [3.05, 3.63) is 32.8 Å². The molecule has 0 aliphatic rings. The second-order valence-corrected chi connectivity index (χ2v) is 6.07. The zero-order chi connectivity index (χ0) is 15.3. The fraction of sp³-hybridized carbons (Fsp3) is 0.462. The maximum atomic E-state index is 10.7. The van der Waals surface area contributed by atoms with Gasteiger partial charge in [0.2, 0.25) is 0 Å². The standard InChI is InChI=1S/C13H18BrN3O3/c1-13(2,12(15)16)4-3-5-20-11-7-9(14)6-10(8-11)17(18)19/h6-8H,3-5H2,1-2H3,(H3,15,16). The molecule has 0 amide bonds. The van der Waals surface area contributed by atoms with Gasteiger partial charge in [-0.25, -0.2) is 0 Å². The molecule has 6 nitrogen and oxygen atoms in total. The van der Waals surface area contributed by atoms with Gasteiger partial charge in [0.05, 0.1) is 23.4 Å². The SMILES string of the molecule is CC(C)(CCCOc1cc(Br)cc([N+](=O)[O-])c1)C(=N)N. The van der Waals surface area contributed by atoms with Gasteiger partial charge in [-0.05, 0) is 18.9 Å². The first-order valence-corrected chi connectivity index (χ1v) is 6.94. The molecule has 7 heteroatoms. The van der Waals surface area contributed by atoms with Crippen molar-refractivity contribution in [3.63, 3.8) is 0 Å². The summed E-state index contributed by atoms with van der Waals surface area (Å²) >= 11 is 3.21. The number of benzene rings is 1. The Labute approximate surface area is 126 Å². The van der Waals surface area contributed by atoms with Crippen LogP contribution in [0.3, 0.4) is 0 Å². The van der Waals surface area contributed by atoms with E-state index in [0.717, 1.165) is 6.42 Å². The lowest BCUT2D eigenvalue weighted by Crippen LogP contribution is -2.31. The highest BCUT2D eigenvalue weighted by Crippen LogP contribution is 2.27. The Morgan fingerprint density at radius 3 is 2.70 bits per heavy atom. The highest BCUT2D eigenvalue weighted by Gasteiger charge is 2.20. The summed E-state index contributed by atoms with van der Waals surface area (Å²) in [7, 11) is 0. The summed E-state index contributed by atoms with van der Waals surface area (Å²) in [5.41, 5.74) is 5.13. The van der Waals surface area contributed by atoms with Crippen molar-refractivity contribution >= 4 is 27.5 Å². The minimum Gasteiger partial charge on any atom is -0.493 e. The zero-order valence-electron chi connectivity index (χ0n) is 11.5. The molecular weight excluding hydrogens is 326 g/mol. The minimum absolute atomic E-state index is 0.0153. The third-order valence-electron chi connectivity index (χ3n) is 3.01. The number of non-ortho nitro benzene ring substituents is 1. The molecule has 20 heavy (non-hydrogen) atoms. The van der Waals surface area contributed by atoms with Crippen molar-refractivity contribution in [1.29, 1.82) is 5.41 Å². The lowest BCUT2D eigenvalue weighted by atomic mass is 9.87. The van der Waals surface area contributed by atoms with Gasteiger partial charge in [0.15, 0.2) is 0 Å². The van der Waals surface area contributed by atoms with Gasteiger partial charge in [0, 0.05) is 16.0 Å². The number of nitrogens with one attached hydrogen (secondary N) is 1. The summed E-state index contributed by atoms with van der Waals surface area (Å²) in [6.07, 6.45) is 1.44. The average molecular weight is 344 g/mol. The molecule has 0 heterocycles. The van der Waals surface area contributed by atoms with Crippen molar-refractivity contribution in [3.8, 4) is 5.75 Å². The second kappa shape index (κ2) is 6.69. The van der Waals surface area contributed by atoms with Crippen LogP contribution in [0.2, 0.25) is 0 Å². The molecule has 0 aliphatic heterocycles. The second-order valence-electron chi connectivity index (χ2n) is 5.15. The van der Waals surface area contributed by atoms with E-state index in [9.17, 15) is 10.1 Å². The van der Waals surface area contributed by atoms with Crippen molar-refractivity contribution in [2.24, 2.45) is 11.1 Å². The number of hydrogen-bond donors (Lipinski definition) is 2. The lowest BCUT2D eigenvalue weighted by molar-refractivity contribution is -0.385. The molecule has 0 aliphatic carbocycles. The topological polar surface area (TPSA) is 102 Å². The van der Waals surface area contributed by atoms with Gasteiger partial charge in [0.25, 0.3) is 5.69 Å². The number of halogens is 1. The molecule has 1 rings (SSSR count). The molecule has 0 radical (unpaired) electrons. The maximum Gasteiger partial charge on any atom is 0.274 e. The molecule has 1 aromatic rings. The number of nitrogens with zero attached hydrogens (tertiary/aromatic N) is 1. The number of amidine groups is 1. The third-order valence-corrected chi connectivity index (χ3v) is 3.47. The Bertz CT molecular complexity index is 518. The summed E-state index contributed by atoms with van der Waals surface area (Å²) in [6, 6.07) is 4.50. The molecule has 0 spiro atoms. The van der Waals surface area contributed by atoms with E-state index in [-0.39, 0.29) is 16.9 Å². The van der Waals surface area contributed by atoms with E-state index in [1.165, 1.54) is 12.1 Å². The van der Waals surface area contributed by atoms with Gasteiger partial charge in [-0.1, -0.05) is 29.8 Å². The van der Waals surface area contributed by atoms with Gasteiger partial charge in [-0.15, -0.1) is 0 Å². The molecule has 0 saturated carbocycles. The van der Waals surface area contributed by atoms with E-state index >= 15 is 0 Å². The van der Waals surface area contributed by atoms with Crippen LogP contribution >= 0.6 is 15.9 Å². The Morgan fingerprint density at radius 2 is 2.15 bits per heavy atom. The third kappa shape index (κ3) is 4.80. The van der Waals surface area contributed by atoms with Crippen LogP contribution < -0.4 is 10.5 Å². The van der Waals surface area contributed by atoms with Crippen LogP contribution in [0.25, 0.3) is 0 Å². The van der Waals surface area contributed by atoms with Crippen LogP contribution in [0.1, 0.15) is 26.7 Å². The molecule has 0 bridgehead atoms. The minimum atomic E-state index is -0.462. The molecule has 0 aromatic heterocycles. The number of ether oxygens (including phenoxy) is 1. The predicted octanol–water partition coefficient (Wildman–Crippen LogP) is 3.48. The smallest absolute Gasteiger partial charge is 0.274 e. The van der Waals surface area contributed by atoms with Gasteiger partial charge in [0.1, 0.15) is 5.75 Å². The van der Waals surface area contributed by atoms with E-state index in [0.29, 0.717) is 23.2 Å². The summed E-state index contributed by atoms with van der Waals surface area (Å²) in [5.74, 6) is 0.599. The fourth-order valence-corrected chi connectivity index (χ4v) is 2.04. The monoisotopic (exact) mass is 343 g/mol. The first-order valence-electron chi connectivity index (χ1n) is 6.14. The van der Waals surface area contributed by atoms with Crippen LogP contribution in [0, 0.1) is 20.9 Å². The summed E-state index contributed by atoms with van der Waals surface area (Å²) in [5, 5.41) is 18.2. The number of rotatable bonds is 7. The van der Waals surface area contributed by atoms with Crippen LogP contribution in [0.15, 0.2) is 22.7 Å². The van der Waals surface area contributed by atoms with E-state index in [1.54, 1.807) is 6.07 Å². The van der Waals surface area contributed by atoms with E-state index in [4.69, 9.17) is 15.9 Å². The van der Waals surface area contributed by atoms with E-state index in [1.807, 2.05) is 13.8 Å². The number of nitro benzene ring substituents is 1. The molecule has 0 saturated heterocycles. The van der Waals surface area contributed by atoms with Crippen molar-refractivity contribution in [2.45, 2.75) is 26.7 Å². The Kier molecular flexibility index (Phi) is 5.50. The first kappa shape index (κ1) is 16.4. The van der Waals surface area contributed by atoms with Gasteiger partial charge < -0.3 is 10.5 Å². The summed E-state index contributed by atoms with van der Waals surface area (Å²) < 4.78 is 6.11. The summed E-state index contributed by atoms with van der Waals surface area (Å²) in [6.45, 7) is 4.23. The molecular formula is C13H18BrN3O3. The normalized spacial score (nSPS) is 11.2. The highest BCUT2D eigenvalue weighted by molar-refractivity contribution is 9.10. The molecule has 0 atom stereocenters. The lowest BCUT2D eigenvalue weighted by Gasteiger charge is -2.22. The van der Waals surface area contributed by atoms with E-state index in [2.05, 4.69) is 15.9 Å². The molecule has 3 N–H and O–H groups in total. The van der Waals surface area contributed by atoms with Crippen LogP contribution in [0.4, 0.5) is 5.69 Å². The van der Waals surface area contributed by atoms with Gasteiger partial charge in [-0.2, -0.15) is 0 Å². The molecule has 1 aromatic carbocycles. The molecule has 0 unspecified atom stereocenters. The average Bonchev–Trinajstić information content (AvgIpc) is 2.33. The molecule has 0 fully saturated rings. The molecule has 110 valence electrons. The Morgan fingerprint density at radius 1 is 1.50 bits per heavy atom. The fourth-order valence-electron chi connectivity index (χ4n) is 1.58. The quantitative estimate of drug-likeness (QED) is 0.260. The summed E-state index contributed by atoms with van der Waals surface area (Å²) in [4.78, 5) is 10.3.